The fourth-order valence-corrected chi connectivity index (χ4v) is 3.38. The summed E-state index contributed by atoms with van der Waals surface area (Å²) in [4.78, 5) is 32.7. The molecule has 8 heteroatoms. The minimum Gasteiger partial charge on any atom is -0.399 e. The molecular formula is C22H30N6O2. The van der Waals surface area contributed by atoms with E-state index in [2.05, 4.69) is 9.80 Å². The number of nitrogen functional groups attached to an aromatic ring is 2. The first kappa shape index (κ1) is 21.6. The molecule has 2 aromatic rings. The van der Waals surface area contributed by atoms with E-state index in [9.17, 15) is 9.59 Å². The molecule has 2 amide bonds. The van der Waals surface area contributed by atoms with Crippen molar-refractivity contribution in [3.63, 3.8) is 0 Å². The van der Waals surface area contributed by atoms with Crippen molar-refractivity contribution in [1.82, 2.24) is 9.80 Å². The highest BCUT2D eigenvalue weighted by Gasteiger charge is 2.23. The largest absolute Gasteiger partial charge is 0.399 e. The summed E-state index contributed by atoms with van der Waals surface area (Å²) in [5.74, 6) is 0.0692. The fourth-order valence-electron chi connectivity index (χ4n) is 3.38. The number of carbonyl (C=O) groups excluding carboxylic acids is 2. The summed E-state index contributed by atoms with van der Waals surface area (Å²) in [5.41, 5.74) is 14.4. The molecule has 8 nitrogen and oxygen atoms in total. The van der Waals surface area contributed by atoms with E-state index < -0.39 is 0 Å². The van der Waals surface area contributed by atoms with E-state index in [1.807, 2.05) is 24.3 Å². The van der Waals surface area contributed by atoms with Crippen molar-refractivity contribution < 1.29 is 9.59 Å². The lowest BCUT2D eigenvalue weighted by Crippen LogP contribution is -2.51. The third kappa shape index (κ3) is 5.49. The summed E-state index contributed by atoms with van der Waals surface area (Å²) in [6.45, 7) is 3.71. The zero-order chi connectivity index (χ0) is 21.7. The van der Waals surface area contributed by atoms with Crippen molar-refractivity contribution in [2.24, 2.45) is 0 Å². The van der Waals surface area contributed by atoms with E-state index in [1.165, 1.54) is 0 Å². The Kier molecular flexibility index (Phi) is 6.91. The summed E-state index contributed by atoms with van der Waals surface area (Å²) in [5, 5.41) is 0. The van der Waals surface area contributed by atoms with Gasteiger partial charge in [0.15, 0.2) is 0 Å². The third-order valence-corrected chi connectivity index (χ3v) is 5.49. The number of anilines is 4. The summed E-state index contributed by atoms with van der Waals surface area (Å²) in [7, 11) is 3.55. The molecule has 0 radical (unpaired) electrons. The van der Waals surface area contributed by atoms with Gasteiger partial charge in [-0.25, -0.2) is 0 Å². The Morgan fingerprint density at radius 2 is 1.00 bits per heavy atom. The minimum atomic E-state index is 0.0346. The van der Waals surface area contributed by atoms with Gasteiger partial charge in [-0.15, -0.1) is 0 Å². The Morgan fingerprint density at radius 3 is 1.30 bits per heavy atom. The van der Waals surface area contributed by atoms with Gasteiger partial charge < -0.3 is 21.3 Å². The highest BCUT2D eigenvalue weighted by molar-refractivity contribution is 5.95. The van der Waals surface area contributed by atoms with E-state index in [0.717, 1.165) is 37.6 Å². The van der Waals surface area contributed by atoms with Crippen molar-refractivity contribution >= 4 is 34.6 Å². The third-order valence-electron chi connectivity index (χ3n) is 5.49. The summed E-state index contributed by atoms with van der Waals surface area (Å²) in [6.07, 6.45) is 0. The van der Waals surface area contributed by atoms with Crippen LogP contribution in [-0.4, -0.2) is 75.0 Å². The lowest BCUT2D eigenvalue weighted by molar-refractivity contribution is -0.122. The van der Waals surface area contributed by atoms with E-state index in [4.69, 9.17) is 11.5 Å². The summed E-state index contributed by atoms with van der Waals surface area (Å²) < 4.78 is 0. The van der Waals surface area contributed by atoms with E-state index in [-0.39, 0.29) is 11.8 Å². The Bertz CT molecular complexity index is 787. The number of hydrogen-bond acceptors (Lipinski definition) is 6. The van der Waals surface area contributed by atoms with Crippen molar-refractivity contribution in [2.75, 3.05) is 74.6 Å². The van der Waals surface area contributed by atoms with Crippen LogP contribution in [0.2, 0.25) is 0 Å². The molecule has 160 valence electrons. The molecule has 0 aliphatic carbocycles. The molecule has 1 fully saturated rings. The van der Waals surface area contributed by atoms with E-state index in [1.54, 1.807) is 48.2 Å². The van der Waals surface area contributed by atoms with Crippen molar-refractivity contribution in [3.8, 4) is 0 Å². The van der Waals surface area contributed by atoms with Gasteiger partial charge in [-0.3, -0.25) is 19.4 Å². The second-order valence-corrected chi connectivity index (χ2v) is 7.64. The van der Waals surface area contributed by atoms with Crippen LogP contribution in [0, 0.1) is 0 Å². The summed E-state index contributed by atoms with van der Waals surface area (Å²) in [6, 6.07) is 14.5. The number of hydrogen-bond donors (Lipinski definition) is 2. The second-order valence-electron chi connectivity index (χ2n) is 7.64. The number of piperazine rings is 1. The number of carbonyl (C=O) groups is 2. The summed E-state index contributed by atoms with van der Waals surface area (Å²) >= 11 is 0. The molecule has 0 aromatic heterocycles. The van der Waals surface area contributed by atoms with Gasteiger partial charge in [-0.1, -0.05) is 0 Å². The average Bonchev–Trinajstić information content (AvgIpc) is 2.75. The zero-order valence-electron chi connectivity index (χ0n) is 17.6. The highest BCUT2D eigenvalue weighted by atomic mass is 16.2. The molecular weight excluding hydrogens is 380 g/mol. The van der Waals surface area contributed by atoms with Gasteiger partial charge in [0.25, 0.3) is 0 Å². The number of rotatable bonds is 6. The topological polar surface area (TPSA) is 99.1 Å². The van der Waals surface area contributed by atoms with Gasteiger partial charge in [0, 0.05) is 63.0 Å². The molecule has 1 saturated heterocycles. The molecule has 4 N–H and O–H groups in total. The zero-order valence-corrected chi connectivity index (χ0v) is 17.6. The predicted molar refractivity (Wildman–Crippen MR) is 121 cm³/mol. The van der Waals surface area contributed by atoms with E-state index in [0.29, 0.717) is 24.5 Å². The number of nitrogens with zero attached hydrogens (tertiary/aromatic N) is 4. The highest BCUT2D eigenvalue weighted by Crippen LogP contribution is 2.17. The Morgan fingerprint density at radius 1 is 0.700 bits per heavy atom. The number of nitrogens with two attached hydrogens (primary N) is 2. The first-order valence-corrected chi connectivity index (χ1v) is 10.0. The lowest BCUT2D eigenvalue weighted by atomic mass is 10.2. The number of benzene rings is 2. The van der Waals surface area contributed by atoms with Crippen molar-refractivity contribution in [2.45, 2.75) is 0 Å². The number of amides is 2. The molecule has 1 aliphatic rings. The van der Waals surface area contributed by atoms with Crippen LogP contribution in [0.4, 0.5) is 22.7 Å². The molecule has 1 aliphatic heterocycles. The standard InChI is InChI=1S/C22H30N6O2/c1-25(19-7-3-17(23)4-8-19)21(29)15-27-11-13-28(14-12-27)16-22(30)26(2)20-9-5-18(24)6-10-20/h3-10H,11-16,23-24H2,1-2H3. The van der Waals surface area contributed by atoms with Gasteiger partial charge in [0.2, 0.25) is 11.8 Å². The maximum atomic E-state index is 12.6. The Balaban J connectivity index is 1.45. The lowest BCUT2D eigenvalue weighted by Gasteiger charge is -2.35. The fraction of sp³-hybridized carbons (Fsp3) is 0.364. The molecule has 0 spiro atoms. The quantitative estimate of drug-likeness (QED) is 0.692. The smallest absolute Gasteiger partial charge is 0.240 e. The van der Waals surface area contributed by atoms with Crippen LogP contribution in [0.25, 0.3) is 0 Å². The first-order valence-electron chi connectivity index (χ1n) is 10.0. The molecule has 30 heavy (non-hydrogen) atoms. The van der Waals surface area contributed by atoms with Gasteiger partial charge in [-0.05, 0) is 48.5 Å². The SMILES string of the molecule is CN(C(=O)CN1CCN(CC(=O)N(C)c2ccc(N)cc2)CC1)c1ccc(N)cc1. The van der Waals surface area contributed by atoms with Gasteiger partial charge in [-0.2, -0.15) is 0 Å². The molecule has 0 unspecified atom stereocenters. The van der Waals surface area contributed by atoms with Gasteiger partial charge in [0.1, 0.15) is 0 Å². The maximum absolute atomic E-state index is 12.6. The minimum absolute atomic E-state index is 0.0346. The normalized spacial score (nSPS) is 15.0. The molecule has 0 bridgehead atoms. The van der Waals surface area contributed by atoms with Crippen molar-refractivity contribution in [3.05, 3.63) is 48.5 Å². The molecule has 3 rings (SSSR count). The molecule has 2 aromatic carbocycles. The van der Waals surface area contributed by atoms with Gasteiger partial charge in [0.05, 0.1) is 13.1 Å². The monoisotopic (exact) mass is 410 g/mol. The second kappa shape index (κ2) is 9.60. The van der Waals surface area contributed by atoms with Crippen LogP contribution < -0.4 is 21.3 Å². The van der Waals surface area contributed by atoms with Crippen LogP contribution in [0.3, 0.4) is 0 Å². The van der Waals surface area contributed by atoms with Crippen LogP contribution in [0.5, 0.6) is 0 Å². The number of likely N-dealkylation sites (N-methyl/N-ethyl adjacent to an activating group) is 2. The molecule has 1 heterocycles. The van der Waals surface area contributed by atoms with Crippen LogP contribution in [0.15, 0.2) is 48.5 Å². The Labute approximate surface area is 177 Å². The van der Waals surface area contributed by atoms with Crippen LogP contribution in [-0.2, 0) is 9.59 Å². The molecule has 0 atom stereocenters. The predicted octanol–water partition coefficient (Wildman–Crippen LogP) is 1.09. The molecule has 0 saturated carbocycles. The maximum Gasteiger partial charge on any atom is 0.240 e. The average molecular weight is 411 g/mol. The Hall–Kier alpha value is -3.10. The van der Waals surface area contributed by atoms with Gasteiger partial charge >= 0.3 is 0 Å². The van der Waals surface area contributed by atoms with E-state index >= 15 is 0 Å². The van der Waals surface area contributed by atoms with Crippen LogP contribution >= 0.6 is 0 Å². The van der Waals surface area contributed by atoms with Crippen molar-refractivity contribution in [1.29, 1.82) is 0 Å². The first-order chi connectivity index (χ1) is 14.3. The van der Waals surface area contributed by atoms with Crippen LogP contribution in [0.1, 0.15) is 0 Å².